The van der Waals surface area contributed by atoms with Crippen LogP contribution in [0.1, 0.15) is 0 Å². The highest BCUT2D eigenvalue weighted by molar-refractivity contribution is 7.92. The van der Waals surface area contributed by atoms with Gasteiger partial charge in [-0.3, -0.25) is 14.8 Å². The van der Waals surface area contributed by atoms with Crippen molar-refractivity contribution in [3.05, 3.63) is 58.6 Å². The lowest BCUT2D eigenvalue weighted by Crippen LogP contribution is -2.14. The van der Waals surface area contributed by atoms with E-state index < -0.39 is 14.9 Å². The quantitative estimate of drug-likeness (QED) is 0.652. The molecule has 0 aliphatic carbocycles. The van der Waals surface area contributed by atoms with E-state index in [1.807, 2.05) is 0 Å². The van der Waals surface area contributed by atoms with E-state index in [4.69, 9.17) is 0 Å². The van der Waals surface area contributed by atoms with Gasteiger partial charge < -0.3 is 5.32 Å². The first kappa shape index (κ1) is 14.8. The molecule has 0 saturated heterocycles. The molecule has 2 N–H and O–H groups in total. The maximum absolute atomic E-state index is 12.3. The fourth-order valence-electron chi connectivity index (χ4n) is 1.78. The summed E-state index contributed by atoms with van der Waals surface area (Å²) in [7, 11) is -2.33. The number of hydrogen-bond acceptors (Lipinski definition) is 5. The van der Waals surface area contributed by atoms with Crippen molar-refractivity contribution in [2.24, 2.45) is 0 Å². The molecular weight excluding hydrogens is 294 g/mol. The second-order valence-corrected chi connectivity index (χ2v) is 5.81. The van der Waals surface area contributed by atoms with Gasteiger partial charge in [0, 0.05) is 24.9 Å². The molecule has 0 spiro atoms. The Balaban J connectivity index is 2.42. The Kier molecular flexibility index (Phi) is 4.08. The maximum Gasteiger partial charge on any atom is 0.271 e. The highest BCUT2D eigenvalue weighted by Crippen LogP contribution is 2.27. The molecule has 0 saturated carbocycles. The van der Waals surface area contributed by atoms with Gasteiger partial charge in [0.25, 0.3) is 15.7 Å². The lowest BCUT2D eigenvalue weighted by Gasteiger charge is -2.11. The SMILES string of the molecule is CNc1cc([N+](=O)[O-])ccc1S(=O)(=O)Nc1ccccc1. The number of anilines is 2. The smallest absolute Gasteiger partial charge is 0.271 e. The molecule has 2 aromatic rings. The number of nitrogens with zero attached hydrogens (tertiary/aromatic N) is 1. The molecule has 8 heteroatoms. The zero-order valence-corrected chi connectivity index (χ0v) is 11.9. The third-order valence-corrected chi connectivity index (χ3v) is 4.20. The van der Waals surface area contributed by atoms with Gasteiger partial charge in [-0.25, -0.2) is 8.42 Å². The Hall–Kier alpha value is -2.61. The van der Waals surface area contributed by atoms with Crippen LogP contribution >= 0.6 is 0 Å². The average molecular weight is 307 g/mol. The molecule has 0 heterocycles. The number of nitrogens with one attached hydrogen (secondary N) is 2. The molecule has 2 rings (SSSR count). The Morgan fingerprint density at radius 1 is 1.10 bits per heavy atom. The molecule has 0 unspecified atom stereocenters. The summed E-state index contributed by atoms with van der Waals surface area (Å²) in [5, 5.41) is 13.4. The zero-order valence-electron chi connectivity index (χ0n) is 11.1. The Morgan fingerprint density at radius 3 is 2.33 bits per heavy atom. The number of hydrogen-bond donors (Lipinski definition) is 2. The molecule has 110 valence electrons. The van der Waals surface area contributed by atoms with Crippen molar-refractivity contribution in [3.63, 3.8) is 0 Å². The van der Waals surface area contributed by atoms with Crippen molar-refractivity contribution in [2.75, 3.05) is 17.1 Å². The Labute approximate surface area is 121 Å². The third kappa shape index (κ3) is 3.29. The topological polar surface area (TPSA) is 101 Å². The molecule has 7 nitrogen and oxygen atoms in total. The Morgan fingerprint density at radius 2 is 1.76 bits per heavy atom. The number of rotatable bonds is 5. The summed E-state index contributed by atoms with van der Waals surface area (Å²) >= 11 is 0. The summed E-state index contributed by atoms with van der Waals surface area (Å²) in [4.78, 5) is 10.1. The van der Waals surface area contributed by atoms with Gasteiger partial charge in [-0.05, 0) is 18.2 Å². The van der Waals surface area contributed by atoms with Gasteiger partial charge in [0.1, 0.15) is 4.90 Å². The van der Waals surface area contributed by atoms with Crippen molar-refractivity contribution in [3.8, 4) is 0 Å². The van der Waals surface area contributed by atoms with Crippen LogP contribution in [0.4, 0.5) is 17.1 Å². The Bertz CT molecular complexity index is 760. The van der Waals surface area contributed by atoms with Crippen LogP contribution in [-0.2, 0) is 10.0 Å². The summed E-state index contributed by atoms with van der Waals surface area (Å²) in [5.74, 6) is 0. The van der Waals surface area contributed by atoms with E-state index in [1.54, 1.807) is 30.3 Å². The number of non-ortho nitro benzene ring substituents is 1. The maximum atomic E-state index is 12.3. The summed E-state index contributed by atoms with van der Waals surface area (Å²) in [6.45, 7) is 0. The van der Waals surface area contributed by atoms with E-state index in [-0.39, 0.29) is 16.3 Å². The third-order valence-electron chi connectivity index (χ3n) is 2.76. The molecule has 0 atom stereocenters. The van der Waals surface area contributed by atoms with Crippen molar-refractivity contribution >= 4 is 27.1 Å². The summed E-state index contributed by atoms with van der Waals surface area (Å²) < 4.78 is 27.1. The van der Waals surface area contributed by atoms with E-state index in [0.717, 1.165) is 6.07 Å². The van der Waals surface area contributed by atoms with E-state index >= 15 is 0 Å². The standard InChI is InChI=1S/C13H13N3O4S/c1-14-12-9-11(16(17)18)7-8-13(12)21(19,20)15-10-5-3-2-4-6-10/h2-9,14-15H,1H3. The van der Waals surface area contributed by atoms with Crippen LogP contribution in [0.15, 0.2) is 53.4 Å². The second-order valence-electron chi connectivity index (χ2n) is 4.16. The predicted octanol–water partition coefficient (Wildman–Crippen LogP) is 2.44. The number of nitro groups is 1. The van der Waals surface area contributed by atoms with Crippen molar-refractivity contribution < 1.29 is 13.3 Å². The molecule has 0 aliphatic rings. The van der Waals surface area contributed by atoms with E-state index in [2.05, 4.69) is 10.0 Å². The van der Waals surface area contributed by atoms with E-state index in [1.165, 1.54) is 19.2 Å². The first-order chi connectivity index (χ1) is 9.94. The predicted molar refractivity (Wildman–Crippen MR) is 79.9 cm³/mol. The van der Waals surface area contributed by atoms with Crippen LogP contribution in [0.2, 0.25) is 0 Å². The van der Waals surface area contributed by atoms with E-state index in [0.29, 0.717) is 5.69 Å². The molecule has 0 aromatic heterocycles. The molecule has 0 bridgehead atoms. The largest absolute Gasteiger partial charge is 0.387 e. The molecule has 0 fully saturated rings. The minimum atomic E-state index is -3.83. The number of sulfonamides is 1. The highest BCUT2D eigenvalue weighted by atomic mass is 32.2. The zero-order chi connectivity index (χ0) is 15.5. The monoisotopic (exact) mass is 307 g/mol. The van der Waals surface area contributed by atoms with Crippen molar-refractivity contribution in [1.29, 1.82) is 0 Å². The van der Waals surface area contributed by atoms with Gasteiger partial charge in [-0.1, -0.05) is 18.2 Å². The summed E-state index contributed by atoms with van der Waals surface area (Å²) in [6.07, 6.45) is 0. The normalized spacial score (nSPS) is 10.9. The molecular formula is C13H13N3O4S. The van der Waals surface area contributed by atoms with Gasteiger partial charge >= 0.3 is 0 Å². The first-order valence-electron chi connectivity index (χ1n) is 5.98. The van der Waals surface area contributed by atoms with E-state index in [9.17, 15) is 18.5 Å². The lowest BCUT2D eigenvalue weighted by atomic mass is 10.3. The fraction of sp³-hybridized carbons (Fsp3) is 0.0769. The van der Waals surface area contributed by atoms with Crippen LogP contribution in [0.25, 0.3) is 0 Å². The summed E-state index contributed by atoms with van der Waals surface area (Å²) in [6, 6.07) is 11.9. The number of benzene rings is 2. The first-order valence-corrected chi connectivity index (χ1v) is 7.46. The molecule has 21 heavy (non-hydrogen) atoms. The van der Waals surface area contributed by atoms with Crippen LogP contribution in [0, 0.1) is 10.1 Å². The molecule has 0 radical (unpaired) electrons. The fourth-order valence-corrected chi connectivity index (χ4v) is 3.03. The lowest BCUT2D eigenvalue weighted by molar-refractivity contribution is -0.384. The molecule has 0 aliphatic heterocycles. The van der Waals surface area contributed by atoms with Gasteiger partial charge in [0.2, 0.25) is 0 Å². The van der Waals surface area contributed by atoms with Crippen LogP contribution in [0.3, 0.4) is 0 Å². The van der Waals surface area contributed by atoms with Crippen molar-refractivity contribution in [1.82, 2.24) is 0 Å². The van der Waals surface area contributed by atoms with Gasteiger partial charge in [-0.2, -0.15) is 0 Å². The number of para-hydroxylation sites is 1. The van der Waals surface area contributed by atoms with Gasteiger partial charge in [-0.15, -0.1) is 0 Å². The molecule has 2 aromatic carbocycles. The number of nitro benzene ring substituents is 1. The minimum absolute atomic E-state index is 0.0561. The van der Waals surface area contributed by atoms with Crippen molar-refractivity contribution in [2.45, 2.75) is 4.90 Å². The summed E-state index contributed by atoms with van der Waals surface area (Å²) in [5.41, 5.74) is 0.392. The minimum Gasteiger partial charge on any atom is -0.387 e. The molecule has 0 amide bonds. The van der Waals surface area contributed by atoms with Gasteiger partial charge in [0.05, 0.1) is 10.6 Å². The second kappa shape index (κ2) is 5.80. The van der Waals surface area contributed by atoms with Crippen LogP contribution < -0.4 is 10.0 Å². The van der Waals surface area contributed by atoms with Crippen LogP contribution in [0.5, 0.6) is 0 Å². The average Bonchev–Trinajstić information content (AvgIpc) is 2.47. The van der Waals surface area contributed by atoms with Gasteiger partial charge in [0.15, 0.2) is 0 Å². The highest BCUT2D eigenvalue weighted by Gasteiger charge is 2.21. The van der Waals surface area contributed by atoms with Crippen LogP contribution in [-0.4, -0.2) is 20.4 Å².